The number of carboxylic acids is 1. The fourth-order valence-corrected chi connectivity index (χ4v) is 2.29. The molecule has 0 aliphatic carbocycles. The third kappa shape index (κ3) is 3.77. The van der Waals surface area contributed by atoms with E-state index in [1.807, 2.05) is 0 Å². The van der Waals surface area contributed by atoms with E-state index in [1.54, 1.807) is 30.5 Å². The maximum Gasteiger partial charge on any atom is 0.328 e. The molecule has 3 rings (SSSR count). The SMILES string of the molecule is CC(C(=O)O)n1ccc(C(=O)Nc2ccn(Cc3ccccc3F)n2)n1. The van der Waals surface area contributed by atoms with E-state index in [0.717, 1.165) is 0 Å². The van der Waals surface area contributed by atoms with Crippen molar-refractivity contribution in [3.63, 3.8) is 0 Å². The highest BCUT2D eigenvalue weighted by molar-refractivity contribution is 6.02. The van der Waals surface area contributed by atoms with E-state index in [9.17, 15) is 14.0 Å². The fraction of sp³-hybridized carbons (Fsp3) is 0.176. The van der Waals surface area contributed by atoms with Crippen LogP contribution in [0.15, 0.2) is 48.8 Å². The van der Waals surface area contributed by atoms with Crippen LogP contribution in [0.2, 0.25) is 0 Å². The molecule has 8 nitrogen and oxygen atoms in total. The quantitative estimate of drug-likeness (QED) is 0.704. The minimum absolute atomic E-state index is 0.0711. The molecule has 0 fully saturated rings. The Bertz CT molecular complexity index is 949. The molecule has 2 N–H and O–H groups in total. The first-order chi connectivity index (χ1) is 12.4. The zero-order valence-electron chi connectivity index (χ0n) is 13.8. The average molecular weight is 357 g/mol. The molecule has 1 atom stereocenters. The number of hydrogen-bond acceptors (Lipinski definition) is 4. The molecule has 1 amide bonds. The van der Waals surface area contributed by atoms with Crippen LogP contribution in [-0.2, 0) is 11.3 Å². The second-order valence-electron chi connectivity index (χ2n) is 5.64. The number of rotatable bonds is 6. The lowest BCUT2D eigenvalue weighted by molar-refractivity contribution is -0.140. The Morgan fingerprint density at radius 1 is 1.19 bits per heavy atom. The van der Waals surface area contributed by atoms with Crippen molar-refractivity contribution in [2.75, 3.05) is 5.32 Å². The van der Waals surface area contributed by atoms with Crippen molar-refractivity contribution in [3.05, 3.63) is 65.9 Å². The van der Waals surface area contributed by atoms with Gasteiger partial charge in [-0.3, -0.25) is 14.2 Å². The second-order valence-corrected chi connectivity index (χ2v) is 5.64. The van der Waals surface area contributed by atoms with Gasteiger partial charge in [-0.05, 0) is 19.1 Å². The first-order valence-electron chi connectivity index (χ1n) is 7.80. The number of aliphatic carboxylic acids is 1. The van der Waals surface area contributed by atoms with Gasteiger partial charge in [-0.2, -0.15) is 10.2 Å². The smallest absolute Gasteiger partial charge is 0.328 e. The Labute approximate surface area is 147 Å². The number of amides is 1. The topological polar surface area (TPSA) is 102 Å². The molecule has 134 valence electrons. The molecular weight excluding hydrogens is 341 g/mol. The number of nitrogens with one attached hydrogen (secondary N) is 1. The van der Waals surface area contributed by atoms with Gasteiger partial charge in [-0.15, -0.1) is 0 Å². The van der Waals surface area contributed by atoms with Crippen LogP contribution in [0, 0.1) is 5.82 Å². The Balaban J connectivity index is 1.66. The number of benzene rings is 1. The number of anilines is 1. The third-order valence-electron chi connectivity index (χ3n) is 3.77. The molecular formula is C17H16FN5O3. The molecule has 3 aromatic rings. The Hall–Kier alpha value is -3.49. The minimum Gasteiger partial charge on any atom is -0.480 e. The standard InChI is InChI=1S/C17H16FN5O3/c1-11(17(25)26)23-9-6-14(20-23)16(24)19-15-7-8-22(21-15)10-12-4-2-3-5-13(12)18/h2-9,11H,10H2,1H3,(H,25,26)(H,19,21,24). The summed E-state index contributed by atoms with van der Waals surface area (Å²) in [5.41, 5.74) is 0.552. The van der Waals surface area contributed by atoms with Crippen LogP contribution < -0.4 is 5.32 Å². The molecule has 1 unspecified atom stereocenters. The van der Waals surface area contributed by atoms with Gasteiger partial charge in [0.25, 0.3) is 5.91 Å². The van der Waals surface area contributed by atoms with Gasteiger partial charge in [0.2, 0.25) is 0 Å². The molecule has 2 heterocycles. The van der Waals surface area contributed by atoms with E-state index in [1.165, 1.54) is 34.6 Å². The summed E-state index contributed by atoms with van der Waals surface area (Å²) in [7, 11) is 0. The molecule has 26 heavy (non-hydrogen) atoms. The van der Waals surface area contributed by atoms with Gasteiger partial charge in [-0.25, -0.2) is 9.18 Å². The molecule has 0 saturated carbocycles. The maximum absolute atomic E-state index is 13.7. The zero-order valence-corrected chi connectivity index (χ0v) is 13.8. The number of nitrogens with zero attached hydrogens (tertiary/aromatic N) is 4. The van der Waals surface area contributed by atoms with Crippen molar-refractivity contribution < 1.29 is 19.1 Å². The molecule has 0 saturated heterocycles. The van der Waals surface area contributed by atoms with Crippen LogP contribution in [0.4, 0.5) is 10.2 Å². The van der Waals surface area contributed by atoms with E-state index in [-0.39, 0.29) is 23.9 Å². The fourth-order valence-electron chi connectivity index (χ4n) is 2.29. The predicted octanol–water partition coefficient (Wildman–Crippen LogP) is 2.16. The van der Waals surface area contributed by atoms with Crippen molar-refractivity contribution in [2.24, 2.45) is 0 Å². The summed E-state index contributed by atoms with van der Waals surface area (Å²) in [6, 6.07) is 8.50. The number of carbonyl (C=O) groups excluding carboxylic acids is 1. The Kier molecular flexibility index (Phi) is 4.78. The summed E-state index contributed by atoms with van der Waals surface area (Å²) in [5.74, 6) is -1.61. The molecule has 0 bridgehead atoms. The van der Waals surface area contributed by atoms with Gasteiger partial charge in [0.15, 0.2) is 11.5 Å². The van der Waals surface area contributed by atoms with Crippen LogP contribution in [0.25, 0.3) is 0 Å². The van der Waals surface area contributed by atoms with E-state index >= 15 is 0 Å². The lowest BCUT2D eigenvalue weighted by Crippen LogP contribution is -2.18. The number of carbonyl (C=O) groups is 2. The van der Waals surface area contributed by atoms with Crippen LogP contribution in [0.5, 0.6) is 0 Å². The van der Waals surface area contributed by atoms with Gasteiger partial charge in [-0.1, -0.05) is 18.2 Å². The Morgan fingerprint density at radius 3 is 2.69 bits per heavy atom. The van der Waals surface area contributed by atoms with E-state index in [2.05, 4.69) is 15.5 Å². The predicted molar refractivity (Wildman–Crippen MR) is 90.3 cm³/mol. The van der Waals surface area contributed by atoms with E-state index in [4.69, 9.17) is 5.11 Å². The first kappa shape index (κ1) is 17.3. The molecule has 2 aromatic heterocycles. The van der Waals surface area contributed by atoms with Gasteiger partial charge < -0.3 is 10.4 Å². The lowest BCUT2D eigenvalue weighted by Gasteiger charge is -2.05. The summed E-state index contributed by atoms with van der Waals surface area (Å²) in [4.78, 5) is 23.1. The van der Waals surface area contributed by atoms with Crippen LogP contribution in [0.1, 0.15) is 29.0 Å². The van der Waals surface area contributed by atoms with Gasteiger partial charge in [0.1, 0.15) is 11.9 Å². The van der Waals surface area contributed by atoms with Crippen LogP contribution in [0.3, 0.4) is 0 Å². The van der Waals surface area contributed by atoms with Crippen LogP contribution in [-0.4, -0.2) is 36.5 Å². The average Bonchev–Trinajstić information content (AvgIpc) is 3.26. The molecule has 0 spiro atoms. The lowest BCUT2D eigenvalue weighted by atomic mass is 10.2. The number of halogens is 1. The monoisotopic (exact) mass is 357 g/mol. The highest BCUT2D eigenvalue weighted by Gasteiger charge is 2.17. The Morgan fingerprint density at radius 2 is 1.96 bits per heavy atom. The van der Waals surface area contributed by atoms with Gasteiger partial charge in [0.05, 0.1) is 6.54 Å². The van der Waals surface area contributed by atoms with Crippen molar-refractivity contribution in [3.8, 4) is 0 Å². The third-order valence-corrected chi connectivity index (χ3v) is 3.77. The van der Waals surface area contributed by atoms with Crippen molar-refractivity contribution >= 4 is 17.7 Å². The highest BCUT2D eigenvalue weighted by Crippen LogP contribution is 2.11. The van der Waals surface area contributed by atoms with E-state index in [0.29, 0.717) is 5.56 Å². The summed E-state index contributed by atoms with van der Waals surface area (Å²) >= 11 is 0. The van der Waals surface area contributed by atoms with Crippen molar-refractivity contribution in [1.82, 2.24) is 19.6 Å². The zero-order chi connectivity index (χ0) is 18.7. The van der Waals surface area contributed by atoms with E-state index < -0.39 is 17.9 Å². The minimum atomic E-state index is -1.05. The molecule has 0 radical (unpaired) electrons. The van der Waals surface area contributed by atoms with Crippen molar-refractivity contribution in [1.29, 1.82) is 0 Å². The molecule has 1 aromatic carbocycles. The summed E-state index contributed by atoms with van der Waals surface area (Å²) in [6.45, 7) is 1.69. The number of hydrogen-bond donors (Lipinski definition) is 2. The molecule has 0 aliphatic heterocycles. The number of carboxylic acid groups (broad SMARTS) is 1. The maximum atomic E-state index is 13.7. The second kappa shape index (κ2) is 7.18. The summed E-state index contributed by atoms with van der Waals surface area (Å²) < 4.78 is 16.4. The largest absolute Gasteiger partial charge is 0.480 e. The molecule has 0 aliphatic rings. The van der Waals surface area contributed by atoms with Crippen LogP contribution >= 0.6 is 0 Å². The molecule has 9 heteroatoms. The normalized spacial score (nSPS) is 11.9. The van der Waals surface area contributed by atoms with Gasteiger partial charge >= 0.3 is 5.97 Å². The van der Waals surface area contributed by atoms with Crippen molar-refractivity contribution in [2.45, 2.75) is 19.5 Å². The summed E-state index contributed by atoms with van der Waals surface area (Å²) in [5, 5.41) is 19.7. The summed E-state index contributed by atoms with van der Waals surface area (Å²) in [6.07, 6.45) is 3.04. The first-order valence-corrected chi connectivity index (χ1v) is 7.80. The number of aromatic nitrogens is 4. The highest BCUT2D eigenvalue weighted by atomic mass is 19.1. The van der Waals surface area contributed by atoms with Gasteiger partial charge in [0, 0.05) is 24.0 Å².